The van der Waals surface area contributed by atoms with Gasteiger partial charge in [-0.3, -0.25) is 4.98 Å². The molecule has 4 heteroatoms. The van der Waals surface area contributed by atoms with Crippen molar-refractivity contribution in [2.45, 2.75) is 34.2 Å². The van der Waals surface area contributed by atoms with Crippen LogP contribution in [0.1, 0.15) is 28.3 Å². The molecule has 0 atom stereocenters. The number of pyridine rings is 1. The Morgan fingerprint density at radius 3 is 1.89 bits per heavy atom. The largest absolute Gasteiger partial charge is 0.316 e. The fraction of sp³-hybridized carbons (Fsp3) is 0.400. The lowest BCUT2D eigenvalue weighted by molar-refractivity contribution is 0.787. The molecule has 0 bridgehead atoms. The van der Waals surface area contributed by atoms with Crippen molar-refractivity contribution in [3.63, 3.8) is 0 Å². The van der Waals surface area contributed by atoms with Gasteiger partial charge in [-0.2, -0.15) is 0 Å². The molecule has 0 fully saturated rings. The van der Waals surface area contributed by atoms with Crippen LogP contribution in [0.4, 0.5) is 0 Å². The summed E-state index contributed by atoms with van der Waals surface area (Å²) in [6, 6.07) is 4.05. The van der Waals surface area contributed by atoms with Crippen molar-refractivity contribution in [2.24, 2.45) is 0 Å². The third kappa shape index (κ3) is 2.96. The normalized spacial score (nSPS) is 10.8. The number of hydrogen-bond donors (Lipinski definition) is 1. The first kappa shape index (κ1) is 13.6. The smallest absolute Gasteiger partial charge is 0.159 e. The van der Waals surface area contributed by atoms with Crippen LogP contribution in [0.15, 0.2) is 12.1 Å². The second-order valence-electron chi connectivity index (χ2n) is 4.87. The Labute approximate surface area is 114 Å². The number of rotatable bonds is 3. The van der Waals surface area contributed by atoms with Crippen molar-refractivity contribution in [3.8, 4) is 11.4 Å². The summed E-state index contributed by atoms with van der Waals surface area (Å²) in [5, 5.41) is 3.15. The van der Waals surface area contributed by atoms with Gasteiger partial charge in [-0.15, -0.1) is 0 Å². The highest BCUT2D eigenvalue weighted by molar-refractivity contribution is 5.56. The Hall–Kier alpha value is -1.81. The van der Waals surface area contributed by atoms with Gasteiger partial charge >= 0.3 is 0 Å². The first-order valence-corrected chi connectivity index (χ1v) is 6.45. The topological polar surface area (TPSA) is 50.7 Å². The number of hydrogen-bond acceptors (Lipinski definition) is 4. The Bertz CT molecular complexity index is 562. The maximum atomic E-state index is 4.63. The summed E-state index contributed by atoms with van der Waals surface area (Å²) in [6.07, 6.45) is 0. The van der Waals surface area contributed by atoms with Gasteiger partial charge in [0.15, 0.2) is 5.82 Å². The highest BCUT2D eigenvalue weighted by Gasteiger charge is 2.10. The maximum Gasteiger partial charge on any atom is 0.159 e. The SMILES string of the molecule is CNCc1c(C)nc(-c2cc(C)nc(C)c2)nc1C. The van der Waals surface area contributed by atoms with E-state index in [4.69, 9.17) is 0 Å². The van der Waals surface area contributed by atoms with Crippen LogP contribution < -0.4 is 5.32 Å². The molecule has 0 radical (unpaired) electrons. The van der Waals surface area contributed by atoms with E-state index in [9.17, 15) is 0 Å². The predicted molar refractivity (Wildman–Crippen MR) is 77.0 cm³/mol. The molecule has 0 aliphatic carbocycles. The summed E-state index contributed by atoms with van der Waals surface area (Å²) < 4.78 is 0. The second kappa shape index (κ2) is 5.45. The Balaban J connectivity index is 2.51. The quantitative estimate of drug-likeness (QED) is 0.916. The molecular formula is C15H20N4. The summed E-state index contributed by atoms with van der Waals surface area (Å²) in [5.74, 6) is 0.781. The summed E-state index contributed by atoms with van der Waals surface area (Å²) in [5.41, 5.74) is 6.26. The summed E-state index contributed by atoms with van der Waals surface area (Å²) in [7, 11) is 1.93. The van der Waals surface area contributed by atoms with E-state index in [2.05, 4.69) is 20.3 Å². The van der Waals surface area contributed by atoms with E-state index in [1.165, 1.54) is 5.56 Å². The molecule has 4 nitrogen and oxygen atoms in total. The molecule has 2 rings (SSSR count). The van der Waals surface area contributed by atoms with Gasteiger partial charge in [0, 0.05) is 40.4 Å². The Morgan fingerprint density at radius 1 is 0.895 bits per heavy atom. The van der Waals surface area contributed by atoms with E-state index in [1.807, 2.05) is 46.9 Å². The van der Waals surface area contributed by atoms with E-state index in [0.717, 1.165) is 40.7 Å². The van der Waals surface area contributed by atoms with Crippen molar-refractivity contribution in [1.29, 1.82) is 0 Å². The number of aromatic nitrogens is 3. The van der Waals surface area contributed by atoms with E-state index >= 15 is 0 Å². The molecule has 0 aromatic carbocycles. The number of nitrogens with one attached hydrogen (secondary N) is 1. The molecule has 0 saturated heterocycles. The zero-order valence-electron chi connectivity index (χ0n) is 12.2. The number of nitrogens with zero attached hydrogens (tertiary/aromatic N) is 3. The molecule has 0 amide bonds. The van der Waals surface area contributed by atoms with Crippen LogP contribution in [0.25, 0.3) is 11.4 Å². The maximum absolute atomic E-state index is 4.63. The molecule has 0 unspecified atom stereocenters. The zero-order valence-corrected chi connectivity index (χ0v) is 12.2. The molecule has 0 spiro atoms. The van der Waals surface area contributed by atoms with Gasteiger partial charge in [-0.1, -0.05) is 0 Å². The summed E-state index contributed by atoms with van der Waals surface area (Å²) in [6.45, 7) is 8.85. The Morgan fingerprint density at radius 2 is 1.42 bits per heavy atom. The summed E-state index contributed by atoms with van der Waals surface area (Å²) in [4.78, 5) is 13.6. The monoisotopic (exact) mass is 256 g/mol. The highest BCUT2D eigenvalue weighted by Crippen LogP contribution is 2.20. The highest BCUT2D eigenvalue weighted by atomic mass is 14.9. The van der Waals surface area contributed by atoms with Crippen LogP contribution in [-0.2, 0) is 6.54 Å². The lowest BCUT2D eigenvalue weighted by atomic mass is 10.1. The zero-order chi connectivity index (χ0) is 14.0. The molecule has 0 aliphatic heterocycles. The van der Waals surface area contributed by atoms with Crippen molar-refractivity contribution < 1.29 is 0 Å². The van der Waals surface area contributed by atoms with Gasteiger partial charge in [0.25, 0.3) is 0 Å². The first-order chi connectivity index (χ1) is 9.01. The van der Waals surface area contributed by atoms with Crippen LogP contribution in [0, 0.1) is 27.7 Å². The summed E-state index contributed by atoms with van der Waals surface area (Å²) >= 11 is 0. The van der Waals surface area contributed by atoms with Crippen molar-refractivity contribution in [1.82, 2.24) is 20.3 Å². The lowest BCUT2D eigenvalue weighted by Gasteiger charge is -2.11. The van der Waals surface area contributed by atoms with Gasteiger partial charge < -0.3 is 5.32 Å². The molecule has 2 heterocycles. The predicted octanol–water partition coefficient (Wildman–Crippen LogP) is 2.49. The molecule has 100 valence electrons. The minimum Gasteiger partial charge on any atom is -0.316 e. The van der Waals surface area contributed by atoms with Gasteiger partial charge in [-0.05, 0) is 46.9 Å². The standard InChI is InChI=1S/C15H20N4/c1-9-6-13(7-10(2)17-9)15-18-11(3)14(8-16-5)12(4)19-15/h6-7,16H,8H2,1-5H3. The molecular weight excluding hydrogens is 236 g/mol. The van der Waals surface area contributed by atoms with E-state index in [1.54, 1.807) is 0 Å². The van der Waals surface area contributed by atoms with Crippen LogP contribution in [0.3, 0.4) is 0 Å². The lowest BCUT2D eigenvalue weighted by Crippen LogP contribution is -2.11. The van der Waals surface area contributed by atoms with Crippen LogP contribution in [0.2, 0.25) is 0 Å². The fourth-order valence-electron chi connectivity index (χ4n) is 2.26. The van der Waals surface area contributed by atoms with E-state index in [-0.39, 0.29) is 0 Å². The first-order valence-electron chi connectivity index (χ1n) is 6.45. The van der Waals surface area contributed by atoms with E-state index < -0.39 is 0 Å². The molecule has 2 aromatic rings. The van der Waals surface area contributed by atoms with Crippen molar-refractivity contribution in [2.75, 3.05) is 7.05 Å². The minimum absolute atomic E-state index is 0.781. The third-order valence-corrected chi connectivity index (χ3v) is 3.11. The second-order valence-corrected chi connectivity index (χ2v) is 4.87. The van der Waals surface area contributed by atoms with Crippen molar-refractivity contribution >= 4 is 0 Å². The van der Waals surface area contributed by atoms with Gasteiger partial charge in [0.1, 0.15) is 0 Å². The molecule has 0 aliphatic rings. The number of aryl methyl sites for hydroxylation is 4. The van der Waals surface area contributed by atoms with Gasteiger partial charge in [0.05, 0.1) is 0 Å². The average molecular weight is 256 g/mol. The van der Waals surface area contributed by atoms with Gasteiger partial charge in [-0.25, -0.2) is 9.97 Å². The van der Waals surface area contributed by atoms with Crippen LogP contribution in [-0.4, -0.2) is 22.0 Å². The van der Waals surface area contributed by atoms with Gasteiger partial charge in [0.2, 0.25) is 0 Å². The van der Waals surface area contributed by atoms with Crippen LogP contribution in [0.5, 0.6) is 0 Å². The fourth-order valence-corrected chi connectivity index (χ4v) is 2.26. The molecule has 2 aromatic heterocycles. The van der Waals surface area contributed by atoms with E-state index in [0.29, 0.717) is 0 Å². The molecule has 19 heavy (non-hydrogen) atoms. The third-order valence-electron chi connectivity index (χ3n) is 3.11. The molecule has 1 N–H and O–H groups in total. The van der Waals surface area contributed by atoms with Crippen LogP contribution >= 0.6 is 0 Å². The Kier molecular flexibility index (Phi) is 3.90. The van der Waals surface area contributed by atoms with Crippen molar-refractivity contribution in [3.05, 3.63) is 40.5 Å². The minimum atomic E-state index is 0.781. The average Bonchev–Trinajstić information content (AvgIpc) is 2.32. The molecule has 0 saturated carbocycles.